The number of aromatic carboxylic acids is 1. The van der Waals surface area contributed by atoms with E-state index in [-0.39, 0.29) is 28.9 Å². The Morgan fingerprint density at radius 3 is 2.50 bits per heavy atom. The van der Waals surface area contributed by atoms with Crippen LogP contribution in [0.3, 0.4) is 0 Å². The zero-order valence-corrected chi connectivity index (χ0v) is 11.4. The van der Waals surface area contributed by atoms with Gasteiger partial charge in [0.2, 0.25) is 0 Å². The van der Waals surface area contributed by atoms with Gasteiger partial charge < -0.3 is 24.5 Å². The van der Waals surface area contributed by atoms with Gasteiger partial charge in [-0.15, -0.1) is 0 Å². The van der Waals surface area contributed by atoms with Gasteiger partial charge in [-0.3, -0.25) is 0 Å². The van der Waals surface area contributed by atoms with Gasteiger partial charge in [0.25, 0.3) is 0 Å². The number of esters is 1. The Balaban J connectivity index is 2.82. The second-order valence-corrected chi connectivity index (χ2v) is 4.97. The number of carboxylic acid groups (broad SMARTS) is 1. The summed E-state index contributed by atoms with van der Waals surface area (Å²) < 4.78 is 5.19. The molecule has 0 spiro atoms. The average Bonchev–Trinajstić information content (AvgIpc) is 2.30. The summed E-state index contributed by atoms with van der Waals surface area (Å²) in [4.78, 5) is 22.6. The molecule has 1 aromatic rings. The third kappa shape index (κ3) is 4.22. The minimum atomic E-state index is -1.31. The normalized spacial score (nSPS) is 11.2. The summed E-state index contributed by atoms with van der Waals surface area (Å²) in [6.07, 6.45) is 0. The van der Waals surface area contributed by atoms with E-state index >= 15 is 0 Å². The van der Waals surface area contributed by atoms with E-state index in [2.05, 4.69) is 0 Å². The Bertz CT molecular complexity index is 512. The van der Waals surface area contributed by atoms with Gasteiger partial charge in [0.05, 0.1) is 20.7 Å². The summed E-state index contributed by atoms with van der Waals surface area (Å²) in [5.74, 6) is -2.71. The Morgan fingerprint density at radius 2 is 1.95 bits per heavy atom. The fourth-order valence-corrected chi connectivity index (χ4v) is 1.63. The van der Waals surface area contributed by atoms with Crippen LogP contribution >= 0.6 is 0 Å². The Hall–Kier alpha value is -2.12. The summed E-state index contributed by atoms with van der Waals surface area (Å²) in [5, 5.41) is 27.4. The lowest BCUT2D eigenvalue weighted by Crippen LogP contribution is -2.46. The quantitative estimate of drug-likeness (QED) is 0.388. The van der Waals surface area contributed by atoms with Crippen LogP contribution in [-0.4, -0.2) is 65.5 Å². The van der Waals surface area contributed by atoms with Crippen molar-refractivity contribution in [3.8, 4) is 11.5 Å². The molecule has 0 saturated carbocycles. The summed E-state index contributed by atoms with van der Waals surface area (Å²) in [6.45, 7) is 0.285. The average molecular weight is 284 g/mol. The monoisotopic (exact) mass is 284 g/mol. The van der Waals surface area contributed by atoms with E-state index in [1.807, 2.05) is 0 Å². The number of aliphatic hydroxyl groups excluding tert-OH is 1. The maximum Gasteiger partial charge on any atom is 0.367 e. The zero-order chi connectivity index (χ0) is 15.3. The first-order valence-corrected chi connectivity index (χ1v) is 5.95. The molecule has 0 amide bonds. The molecule has 0 fully saturated rings. The van der Waals surface area contributed by atoms with Crippen molar-refractivity contribution in [3.63, 3.8) is 0 Å². The number of hydrogen-bond acceptors (Lipinski definition) is 5. The van der Waals surface area contributed by atoms with Crippen LogP contribution in [-0.2, 0) is 4.79 Å². The number of aromatic hydroxyl groups is 1. The molecule has 0 saturated heterocycles. The number of quaternary nitrogens is 1. The Labute approximate surface area is 116 Å². The molecule has 20 heavy (non-hydrogen) atoms. The zero-order valence-electron chi connectivity index (χ0n) is 11.4. The van der Waals surface area contributed by atoms with Crippen molar-refractivity contribution in [2.45, 2.75) is 0 Å². The SMILES string of the molecule is C[N+](C)(CCO)CC(=O)Oc1cccc(C(=O)O)c1O. The van der Waals surface area contributed by atoms with Crippen LogP contribution in [0, 0.1) is 0 Å². The molecule has 0 atom stereocenters. The van der Waals surface area contributed by atoms with Crippen molar-refractivity contribution in [2.75, 3.05) is 33.8 Å². The van der Waals surface area contributed by atoms with E-state index in [4.69, 9.17) is 14.9 Å². The summed E-state index contributed by atoms with van der Waals surface area (Å²) >= 11 is 0. The van der Waals surface area contributed by atoms with E-state index in [0.29, 0.717) is 6.54 Å². The number of phenols is 1. The van der Waals surface area contributed by atoms with Crippen molar-refractivity contribution < 1.29 is 34.1 Å². The molecule has 0 aliphatic rings. The van der Waals surface area contributed by atoms with E-state index in [1.165, 1.54) is 18.2 Å². The van der Waals surface area contributed by atoms with E-state index in [1.54, 1.807) is 14.1 Å². The van der Waals surface area contributed by atoms with Gasteiger partial charge in [0, 0.05) is 0 Å². The largest absolute Gasteiger partial charge is 0.504 e. The molecule has 110 valence electrons. The molecular formula is C13H18NO6+. The minimum absolute atomic E-state index is 0.0166. The molecular weight excluding hydrogens is 266 g/mol. The van der Waals surface area contributed by atoms with Crippen molar-refractivity contribution in [1.29, 1.82) is 0 Å². The van der Waals surface area contributed by atoms with Gasteiger partial charge >= 0.3 is 11.9 Å². The molecule has 0 unspecified atom stereocenters. The number of rotatable bonds is 6. The molecule has 0 radical (unpaired) electrons. The van der Waals surface area contributed by atoms with Crippen LogP contribution in [0.2, 0.25) is 0 Å². The highest BCUT2D eigenvalue weighted by Gasteiger charge is 2.23. The highest BCUT2D eigenvalue weighted by atomic mass is 16.5. The second kappa shape index (κ2) is 6.36. The highest BCUT2D eigenvalue weighted by molar-refractivity contribution is 5.92. The molecule has 1 aromatic carbocycles. The molecule has 3 N–H and O–H groups in total. The van der Waals surface area contributed by atoms with Crippen LogP contribution in [0.4, 0.5) is 0 Å². The van der Waals surface area contributed by atoms with Gasteiger partial charge in [0.15, 0.2) is 18.0 Å². The molecule has 0 bridgehead atoms. The molecule has 7 nitrogen and oxygen atoms in total. The van der Waals surface area contributed by atoms with Crippen molar-refractivity contribution in [3.05, 3.63) is 23.8 Å². The fourth-order valence-electron chi connectivity index (χ4n) is 1.63. The number of carbonyl (C=O) groups excluding carboxylic acids is 1. The molecule has 0 aromatic heterocycles. The van der Waals surface area contributed by atoms with E-state index in [0.717, 1.165) is 0 Å². The number of benzene rings is 1. The predicted octanol–water partition coefficient (Wildman–Crippen LogP) is 0.0645. The summed E-state index contributed by atoms with van der Waals surface area (Å²) in [5.41, 5.74) is -0.334. The third-order valence-corrected chi connectivity index (χ3v) is 2.72. The van der Waals surface area contributed by atoms with Crippen molar-refractivity contribution in [1.82, 2.24) is 0 Å². The Kier molecular flexibility index (Phi) is 5.06. The second-order valence-electron chi connectivity index (χ2n) is 4.97. The first-order chi connectivity index (χ1) is 9.26. The number of aliphatic hydroxyl groups is 1. The smallest absolute Gasteiger partial charge is 0.367 e. The number of para-hydroxylation sites is 1. The van der Waals surface area contributed by atoms with Gasteiger partial charge in [0.1, 0.15) is 12.1 Å². The van der Waals surface area contributed by atoms with Gasteiger partial charge in [-0.2, -0.15) is 0 Å². The predicted molar refractivity (Wildman–Crippen MR) is 69.6 cm³/mol. The number of carboxylic acids is 1. The molecule has 7 heteroatoms. The molecule has 1 rings (SSSR count). The molecule has 0 aliphatic carbocycles. The van der Waals surface area contributed by atoms with Crippen LogP contribution in [0.15, 0.2) is 18.2 Å². The van der Waals surface area contributed by atoms with Crippen molar-refractivity contribution >= 4 is 11.9 Å². The van der Waals surface area contributed by atoms with Crippen LogP contribution in [0.5, 0.6) is 11.5 Å². The van der Waals surface area contributed by atoms with Gasteiger partial charge in [-0.05, 0) is 12.1 Å². The first kappa shape index (κ1) is 15.9. The summed E-state index contributed by atoms with van der Waals surface area (Å²) in [7, 11) is 3.48. The van der Waals surface area contributed by atoms with Crippen LogP contribution in [0.25, 0.3) is 0 Å². The molecule has 0 heterocycles. The van der Waals surface area contributed by atoms with Gasteiger partial charge in [-0.25, -0.2) is 9.59 Å². The number of hydrogen-bond donors (Lipinski definition) is 3. The number of ether oxygens (including phenoxy) is 1. The van der Waals surface area contributed by atoms with E-state index in [9.17, 15) is 14.7 Å². The lowest BCUT2D eigenvalue weighted by Gasteiger charge is -2.27. The maximum atomic E-state index is 11.8. The van der Waals surface area contributed by atoms with Crippen LogP contribution < -0.4 is 4.74 Å². The van der Waals surface area contributed by atoms with Crippen molar-refractivity contribution in [2.24, 2.45) is 0 Å². The Morgan fingerprint density at radius 1 is 1.30 bits per heavy atom. The number of nitrogens with zero attached hydrogens (tertiary/aromatic N) is 1. The third-order valence-electron chi connectivity index (χ3n) is 2.72. The fraction of sp³-hybridized carbons (Fsp3) is 0.385. The topological polar surface area (TPSA) is 104 Å². The number of carbonyl (C=O) groups is 2. The lowest BCUT2D eigenvalue weighted by atomic mass is 10.2. The standard InChI is InChI=1S/C13H17NO6/c1-14(2,6-7-15)8-11(16)20-10-5-3-4-9(12(10)17)13(18)19/h3-5,15H,6-8H2,1-2H3,(H-,17,18,19)/p+1. The lowest BCUT2D eigenvalue weighted by molar-refractivity contribution is -0.883. The first-order valence-electron chi connectivity index (χ1n) is 5.95. The minimum Gasteiger partial charge on any atom is -0.504 e. The van der Waals surface area contributed by atoms with Gasteiger partial charge in [-0.1, -0.05) is 6.07 Å². The van der Waals surface area contributed by atoms with Crippen LogP contribution in [0.1, 0.15) is 10.4 Å². The summed E-state index contributed by atoms with van der Waals surface area (Å²) in [6, 6.07) is 3.89. The highest BCUT2D eigenvalue weighted by Crippen LogP contribution is 2.29. The maximum absolute atomic E-state index is 11.8. The number of likely N-dealkylation sites (N-methyl/N-ethyl adjacent to an activating group) is 1. The molecule has 0 aliphatic heterocycles. The van der Waals surface area contributed by atoms with E-state index < -0.39 is 17.7 Å².